The van der Waals surface area contributed by atoms with Crippen LogP contribution in [0.25, 0.3) is 0 Å². The number of nitrogens with one attached hydrogen (secondary N) is 1. The Morgan fingerprint density at radius 1 is 1.34 bits per heavy atom. The van der Waals surface area contributed by atoms with Gasteiger partial charge in [-0.25, -0.2) is 18.7 Å². The molecule has 1 aliphatic carbocycles. The number of hydrogen-bond acceptors (Lipinski definition) is 6. The van der Waals surface area contributed by atoms with Crippen LogP contribution in [0.1, 0.15) is 37.2 Å². The van der Waals surface area contributed by atoms with E-state index in [-0.39, 0.29) is 29.2 Å². The van der Waals surface area contributed by atoms with Crippen LogP contribution in [0.15, 0.2) is 6.20 Å². The summed E-state index contributed by atoms with van der Waals surface area (Å²) in [4.78, 5) is 36.2. The summed E-state index contributed by atoms with van der Waals surface area (Å²) < 4.78 is 32.2. The summed E-state index contributed by atoms with van der Waals surface area (Å²) in [6.07, 6.45) is 3.32. The smallest absolute Gasteiger partial charge is 0.282 e. The molecule has 3 rings (SSSR count). The van der Waals surface area contributed by atoms with Crippen LogP contribution in [0.4, 0.5) is 14.6 Å². The Bertz CT molecular complexity index is 775. The van der Waals surface area contributed by atoms with Crippen molar-refractivity contribution in [3.8, 4) is 5.88 Å². The first-order valence-corrected chi connectivity index (χ1v) is 9.72. The Kier molecular flexibility index (Phi) is 5.90. The predicted molar refractivity (Wildman–Crippen MR) is 102 cm³/mol. The number of hydrogen-bond donors (Lipinski definition) is 1. The van der Waals surface area contributed by atoms with Crippen molar-refractivity contribution in [1.29, 1.82) is 0 Å². The van der Waals surface area contributed by atoms with Crippen molar-refractivity contribution in [1.82, 2.24) is 20.2 Å². The van der Waals surface area contributed by atoms with Crippen LogP contribution in [0, 0.1) is 11.8 Å². The fraction of sp³-hybridized carbons (Fsp3) is 0.684. The molecule has 8 nitrogen and oxygen atoms in total. The van der Waals surface area contributed by atoms with Gasteiger partial charge in [-0.3, -0.25) is 9.59 Å². The average Bonchev–Trinajstić information content (AvgIpc) is 3.45. The molecule has 0 spiro atoms. The highest BCUT2D eigenvalue weighted by Gasteiger charge is 2.46. The summed E-state index contributed by atoms with van der Waals surface area (Å²) in [5.74, 6) is -2.99. The number of nitrogens with zero attached hydrogens (tertiary/aromatic N) is 4. The lowest BCUT2D eigenvalue weighted by Crippen LogP contribution is -2.56. The van der Waals surface area contributed by atoms with E-state index in [2.05, 4.69) is 15.3 Å². The Labute approximate surface area is 168 Å². The molecule has 0 aromatic carbocycles. The molecule has 1 N–H and O–H groups in total. The molecular weight excluding hydrogens is 384 g/mol. The van der Waals surface area contributed by atoms with E-state index >= 15 is 0 Å². The van der Waals surface area contributed by atoms with E-state index in [1.165, 1.54) is 16.0 Å². The molecule has 29 heavy (non-hydrogen) atoms. The second-order valence-corrected chi connectivity index (χ2v) is 8.28. The van der Waals surface area contributed by atoms with Crippen molar-refractivity contribution in [2.24, 2.45) is 11.8 Å². The molecule has 0 radical (unpaired) electrons. The van der Waals surface area contributed by atoms with Crippen molar-refractivity contribution in [3.63, 3.8) is 0 Å². The third-order valence-corrected chi connectivity index (χ3v) is 4.91. The fourth-order valence-electron chi connectivity index (χ4n) is 2.94. The second-order valence-electron chi connectivity index (χ2n) is 8.28. The third kappa shape index (κ3) is 5.10. The van der Waals surface area contributed by atoms with Crippen molar-refractivity contribution in [2.45, 2.75) is 38.7 Å². The van der Waals surface area contributed by atoms with E-state index in [1.807, 2.05) is 13.8 Å². The first-order valence-electron chi connectivity index (χ1n) is 9.72. The topological polar surface area (TPSA) is 87.7 Å². The maximum absolute atomic E-state index is 13.3. The van der Waals surface area contributed by atoms with Gasteiger partial charge in [-0.2, -0.15) is 0 Å². The second kappa shape index (κ2) is 8.08. The molecule has 1 aliphatic heterocycles. The Balaban J connectivity index is 1.78. The van der Waals surface area contributed by atoms with Crippen LogP contribution in [-0.4, -0.2) is 72.4 Å². The number of carbonyl (C=O) groups excluding carboxylic acids is 2. The number of alkyl halides is 2. The minimum Gasteiger partial charge on any atom is -0.475 e. The number of anilines is 1. The van der Waals surface area contributed by atoms with Gasteiger partial charge in [-0.05, 0) is 24.7 Å². The first-order chi connectivity index (χ1) is 13.6. The van der Waals surface area contributed by atoms with Gasteiger partial charge in [0.15, 0.2) is 11.5 Å². The molecule has 0 bridgehead atoms. The van der Waals surface area contributed by atoms with Gasteiger partial charge in [0.25, 0.3) is 17.7 Å². The highest BCUT2D eigenvalue weighted by Crippen LogP contribution is 2.36. The van der Waals surface area contributed by atoms with Gasteiger partial charge in [-0.15, -0.1) is 0 Å². The van der Waals surface area contributed by atoms with Gasteiger partial charge in [0.1, 0.15) is 6.04 Å². The quantitative estimate of drug-likeness (QED) is 0.699. The average molecular weight is 411 g/mol. The number of ether oxygens (including phenoxy) is 1. The van der Waals surface area contributed by atoms with E-state index < -0.39 is 31.0 Å². The lowest BCUT2D eigenvalue weighted by atomic mass is 10.0. The highest BCUT2D eigenvalue weighted by atomic mass is 19.3. The van der Waals surface area contributed by atoms with E-state index in [4.69, 9.17) is 4.74 Å². The number of aromatic nitrogens is 2. The lowest BCUT2D eigenvalue weighted by Gasteiger charge is -2.39. The van der Waals surface area contributed by atoms with Crippen LogP contribution < -0.4 is 15.0 Å². The zero-order chi connectivity index (χ0) is 21.3. The first kappa shape index (κ1) is 21.2. The SMILES string of the molecule is CC(C)C(NC(=O)c1cnc(N2CC(F)(F)C2)c(OCC2CC2)n1)C(=O)N(C)C. The van der Waals surface area contributed by atoms with E-state index in [0.717, 1.165) is 12.8 Å². The van der Waals surface area contributed by atoms with Crippen molar-refractivity contribution in [2.75, 3.05) is 38.7 Å². The molecule has 1 aromatic heterocycles. The highest BCUT2D eigenvalue weighted by molar-refractivity contribution is 5.96. The fourth-order valence-corrected chi connectivity index (χ4v) is 2.94. The summed E-state index contributed by atoms with van der Waals surface area (Å²) in [6.45, 7) is 3.15. The molecule has 10 heteroatoms. The molecule has 1 saturated carbocycles. The lowest BCUT2D eigenvalue weighted by molar-refractivity contribution is -0.131. The van der Waals surface area contributed by atoms with E-state index in [9.17, 15) is 18.4 Å². The molecular formula is C19H27F2N5O3. The van der Waals surface area contributed by atoms with Gasteiger partial charge in [0, 0.05) is 14.1 Å². The summed E-state index contributed by atoms with van der Waals surface area (Å²) in [7, 11) is 3.23. The molecule has 1 saturated heterocycles. The van der Waals surface area contributed by atoms with Crippen LogP contribution in [-0.2, 0) is 4.79 Å². The van der Waals surface area contributed by atoms with Crippen molar-refractivity contribution >= 4 is 17.6 Å². The van der Waals surface area contributed by atoms with Crippen LogP contribution in [0.2, 0.25) is 0 Å². The zero-order valence-corrected chi connectivity index (χ0v) is 17.1. The number of carbonyl (C=O) groups is 2. The maximum Gasteiger partial charge on any atom is 0.282 e. The van der Waals surface area contributed by atoms with Crippen molar-refractivity contribution in [3.05, 3.63) is 11.9 Å². The van der Waals surface area contributed by atoms with Crippen LogP contribution >= 0.6 is 0 Å². The molecule has 2 aliphatic rings. The number of halogens is 2. The molecule has 160 valence electrons. The van der Waals surface area contributed by atoms with Crippen LogP contribution in [0.5, 0.6) is 5.88 Å². The summed E-state index contributed by atoms with van der Waals surface area (Å²) in [5, 5.41) is 2.69. The number of amides is 2. The monoisotopic (exact) mass is 411 g/mol. The minimum absolute atomic E-state index is 0.0240. The van der Waals surface area contributed by atoms with Crippen molar-refractivity contribution < 1.29 is 23.1 Å². The van der Waals surface area contributed by atoms with Gasteiger partial charge in [-0.1, -0.05) is 13.8 Å². The van der Waals surface area contributed by atoms with Gasteiger partial charge in [0.05, 0.1) is 25.9 Å². The predicted octanol–water partition coefficient (Wildman–Crippen LogP) is 1.56. The largest absolute Gasteiger partial charge is 0.475 e. The van der Waals surface area contributed by atoms with Crippen LogP contribution in [0.3, 0.4) is 0 Å². The molecule has 1 atom stereocenters. The molecule has 2 fully saturated rings. The molecule has 2 heterocycles. The minimum atomic E-state index is -2.76. The summed E-state index contributed by atoms with van der Waals surface area (Å²) in [5.41, 5.74) is -0.0240. The Hall–Kier alpha value is -2.52. The third-order valence-electron chi connectivity index (χ3n) is 4.91. The van der Waals surface area contributed by atoms with Gasteiger partial charge in [0.2, 0.25) is 5.91 Å². The maximum atomic E-state index is 13.3. The van der Waals surface area contributed by atoms with Gasteiger partial charge >= 0.3 is 0 Å². The number of rotatable bonds is 8. The normalized spacial score (nSPS) is 18.8. The molecule has 2 amide bonds. The summed E-state index contributed by atoms with van der Waals surface area (Å²) in [6, 6.07) is -0.719. The van der Waals surface area contributed by atoms with Gasteiger partial charge < -0.3 is 19.9 Å². The zero-order valence-electron chi connectivity index (χ0n) is 17.1. The standard InChI is InChI=1S/C19H27F2N5O3/c1-11(2)14(18(28)25(3)4)24-16(27)13-7-22-15(26-9-19(20,21)10-26)17(23-13)29-8-12-5-6-12/h7,11-12,14H,5-6,8-10H2,1-4H3,(H,24,27). The van der Waals surface area contributed by atoms with E-state index in [1.54, 1.807) is 14.1 Å². The summed E-state index contributed by atoms with van der Waals surface area (Å²) >= 11 is 0. The Morgan fingerprint density at radius 2 is 2.00 bits per heavy atom. The Morgan fingerprint density at radius 3 is 2.52 bits per heavy atom. The molecule has 1 aromatic rings. The number of likely N-dealkylation sites (N-methyl/N-ethyl adjacent to an activating group) is 1. The molecule has 1 unspecified atom stereocenters. The van der Waals surface area contributed by atoms with E-state index in [0.29, 0.717) is 12.5 Å².